The zero-order chi connectivity index (χ0) is 12.6. The summed E-state index contributed by atoms with van der Waals surface area (Å²) in [5.41, 5.74) is 2.84. The molecule has 1 atom stereocenters. The molecule has 0 bridgehead atoms. The number of carbonyl (C=O) groups excluding carboxylic acids is 1. The van der Waals surface area contributed by atoms with Crippen LogP contribution >= 0.6 is 0 Å². The van der Waals surface area contributed by atoms with Crippen molar-refractivity contribution < 1.29 is 13.2 Å². The summed E-state index contributed by atoms with van der Waals surface area (Å²) >= 11 is 0. The maximum atomic E-state index is 12.1. The molecular formula is C13H16O3S. The lowest BCUT2D eigenvalue weighted by Crippen LogP contribution is -2.16. The smallest absolute Gasteiger partial charge is 0.166 e. The van der Waals surface area contributed by atoms with E-state index in [9.17, 15) is 13.2 Å². The second-order valence-corrected chi connectivity index (χ2v) is 6.99. The van der Waals surface area contributed by atoms with Gasteiger partial charge in [0.2, 0.25) is 0 Å². The third kappa shape index (κ3) is 2.57. The van der Waals surface area contributed by atoms with Gasteiger partial charge in [-0.05, 0) is 37.5 Å². The van der Waals surface area contributed by atoms with E-state index in [-0.39, 0.29) is 23.2 Å². The Hall–Kier alpha value is -1.16. The van der Waals surface area contributed by atoms with Gasteiger partial charge in [0.25, 0.3) is 0 Å². The molecule has 0 aliphatic carbocycles. The maximum Gasteiger partial charge on any atom is 0.166 e. The Morgan fingerprint density at radius 2 is 1.94 bits per heavy atom. The van der Waals surface area contributed by atoms with E-state index in [0.717, 1.165) is 11.1 Å². The number of sulfone groups is 1. The highest BCUT2D eigenvalue weighted by Gasteiger charge is 2.33. The van der Waals surface area contributed by atoms with Gasteiger partial charge in [-0.15, -0.1) is 0 Å². The van der Waals surface area contributed by atoms with E-state index in [1.165, 1.54) is 0 Å². The lowest BCUT2D eigenvalue weighted by Gasteiger charge is -2.08. The summed E-state index contributed by atoms with van der Waals surface area (Å²) in [6, 6.07) is 5.55. The minimum Gasteiger partial charge on any atom is -0.294 e. The number of hydrogen-bond donors (Lipinski definition) is 0. The number of carbonyl (C=O) groups is 1. The third-order valence-corrected chi connectivity index (χ3v) is 5.16. The van der Waals surface area contributed by atoms with Gasteiger partial charge in [0.15, 0.2) is 15.6 Å². The first kappa shape index (κ1) is 12.3. The van der Waals surface area contributed by atoms with Gasteiger partial charge in [0.1, 0.15) is 0 Å². The van der Waals surface area contributed by atoms with E-state index in [4.69, 9.17) is 0 Å². The van der Waals surface area contributed by atoms with E-state index < -0.39 is 9.84 Å². The van der Waals surface area contributed by atoms with Crippen LogP contribution in [0.4, 0.5) is 0 Å². The molecule has 0 N–H and O–H groups in total. The van der Waals surface area contributed by atoms with Crippen LogP contribution in [0.1, 0.15) is 27.9 Å². The van der Waals surface area contributed by atoms with Gasteiger partial charge < -0.3 is 0 Å². The first-order valence-electron chi connectivity index (χ1n) is 5.71. The Morgan fingerprint density at radius 3 is 2.47 bits per heavy atom. The normalized spacial score (nSPS) is 22.6. The molecule has 92 valence electrons. The van der Waals surface area contributed by atoms with Gasteiger partial charge in [-0.2, -0.15) is 0 Å². The summed E-state index contributed by atoms with van der Waals surface area (Å²) in [7, 11) is -2.99. The van der Waals surface area contributed by atoms with E-state index >= 15 is 0 Å². The second-order valence-electron chi connectivity index (χ2n) is 4.76. The zero-order valence-electron chi connectivity index (χ0n) is 10.1. The zero-order valence-corrected chi connectivity index (χ0v) is 10.9. The average molecular weight is 252 g/mol. The lowest BCUT2D eigenvalue weighted by molar-refractivity contribution is 0.0933. The predicted octanol–water partition coefficient (Wildman–Crippen LogP) is 1.92. The molecule has 0 saturated carbocycles. The summed E-state index contributed by atoms with van der Waals surface area (Å²) in [5.74, 6) is -0.219. The van der Waals surface area contributed by atoms with Crippen LogP contribution in [-0.4, -0.2) is 25.7 Å². The Bertz CT molecular complexity index is 558. The fourth-order valence-corrected chi connectivity index (χ4v) is 3.87. The summed E-state index contributed by atoms with van der Waals surface area (Å²) in [6.07, 6.45) is 0.466. The molecule has 3 nitrogen and oxygen atoms in total. The SMILES string of the molecule is Cc1ccc(C(=O)C2CCS(=O)(=O)C2)cc1C. The van der Waals surface area contributed by atoms with Crippen LogP contribution in [-0.2, 0) is 9.84 Å². The average Bonchev–Trinajstić information content (AvgIpc) is 2.62. The predicted molar refractivity (Wildman–Crippen MR) is 67.0 cm³/mol. The quantitative estimate of drug-likeness (QED) is 0.756. The number of aryl methyl sites for hydroxylation is 2. The molecule has 0 amide bonds. The highest BCUT2D eigenvalue weighted by Crippen LogP contribution is 2.23. The van der Waals surface area contributed by atoms with Gasteiger partial charge in [0.05, 0.1) is 11.5 Å². The van der Waals surface area contributed by atoms with Crippen LogP contribution in [0, 0.1) is 19.8 Å². The number of rotatable bonds is 2. The molecule has 1 saturated heterocycles. The van der Waals surface area contributed by atoms with Crippen LogP contribution in [0.3, 0.4) is 0 Å². The van der Waals surface area contributed by atoms with Crippen molar-refractivity contribution in [2.24, 2.45) is 5.92 Å². The van der Waals surface area contributed by atoms with Crippen LogP contribution in [0.25, 0.3) is 0 Å². The molecule has 17 heavy (non-hydrogen) atoms. The standard InChI is InChI=1S/C13H16O3S/c1-9-3-4-11(7-10(9)2)13(14)12-5-6-17(15,16)8-12/h3-4,7,12H,5-6,8H2,1-2H3. The molecule has 0 radical (unpaired) electrons. The Labute approximate surface area is 102 Å². The van der Waals surface area contributed by atoms with Gasteiger partial charge in [-0.3, -0.25) is 4.79 Å². The minimum absolute atomic E-state index is 0.0127. The van der Waals surface area contributed by atoms with Crippen LogP contribution in [0.2, 0.25) is 0 Å². The monoisotopic (exact) mass is 252 g/mol. The van der Waals surface area contributed by atoms with E-state index in [0.29, 0.717) is 12.0 Å². The number of Topliss-reactive ketones (excluding diaryl/α,β-unsaturated/α-hetero) is 1. The molecule has 0 aromatic heterocycles. The van der Waals surface area contributed by atoms with Crippen LogP contribution < -0.4 is 0 Å². The molecule has 1 aliphatic rings. The van der Waals surface area contributed by atoms with Crippen molar-refractivity contribution in [3.8, 4) is 0 Å². The van der Waals surface area contributed by atoms with Crippen molar-refractivity contribution in [3.05, 3.63) is 34.9 Å². The fourth-order valence-electron chi connectivity index (χ4n) is 2.13. The summed E-state index contributed by atoms with van der Waals surface area (Å²) < 4.78 is 22.7. The largest absolute Gasteiger partial charge is 0.294 e. The van der Waals surface area contributed by atoms with E-state index in [1.807, 2.05) is 26.0 Å². The molecule has 1 aromatic rings. The fraction of sp³-hybridized carbons (Fsp3) is 0.462. The summed E-state index contributed by atoms with van der Waals surface area (Å²) in [5, 5.41) is 0. The van der Waals surface area contributed by atoms with Crippen molar-refractivity contribution >= 4 is 15.6 Å². The second kappa shape index (κ2) is 4.26. The van der Waals surface area contributed by atoms with Crippen molar-refractivity contribution in [2.45, 2.75) is 20.3 Å². The molecule has 4 heteroatoms. The number of benzene rings is 1. The molecule has 0 spiro atoms. The first-order valence-corrected chi connectivity index (χ1v) is 7.53. The van der Waals surface area contributed by atoms with E-state index in [2.05, 4.69) is 0 Å². The molecule has 1 unspecified atom stereocenters. The Kier molecular flexibility index (Phi) is 3.08. The third-order valence-electron chi connectivity index (χ3n) is 3.39. The Balaban J connectivity index is 2.23. The maximum absolute atomic E-state index is 12.1. The Morgan fingerprint density at radius 1 is 1.24 bits per heavy atom. The number of ketones is 1. The summed E-state index contributed by atoms with van der Waals surface area (Å²) in [4.78, 5) is 12.1. The van der Waals surface area contributed by atoms with Crippen molar-refractivity contribution in [3.63, 3.8) is 0 Å². The van der Waals surface area contributed by atoms with Gasteiger partial charge in [0, 0.05) is 11.5 Å². The molecule has 1 fully saturated rings. The summed E-state index contributed by atoms with van der Waals surface area (Å²) in [6.45, 7) is 3.95. The van der Waals surface area contributed by atoms with Gasteiger partial charge in [-0.25, -0.2) is 8.42 Å². The highest BCUT2D eigenvalue weighted by molar-refractivity contribution is 7.91. The first-order chi connectivity index (χ1) is 7.89. The van der Waals surface area contributed by atoms with Crippen LogP contribution in [0.15, 0.2) is 18.2 Å². The van der Waals surface area contributed by atoms with Gasteiger partial charge in [-0.1, -0.05) is 12.1 Å². The topological polar surface area (TPSA) is 51.2 Å². The molecule has 1 aromatic carbocycles. The molecular weight excluding hydrogens is 236 g/mol. The molecule has 1 heterocycles. The number of hydrogen-bond acceptors (Lipinski definition) is 3. The lowest BCUT2D eigenvalue weighted by atomic mass is 9.95. The molecule has 2 rings (SSSR count). The molecule has 1 aliphatic heterocycles. The van der Waals surface area contributed by atoms with Crippen molar-refractivity contribution in [1.29, 1.82) is 0 Å². The van der Waals surface area contributed by atoms with E-state index in [1.54, 1.807) is 6.07 Å². The highest BCUT2D eigenvalue weighted by atomic mass is 32.2. The van der Waals surface area contributed by atoms with Crippen molar-refractivity contribution in [1.82, 2.24) is 0 Å². The minimum atomic E-state index is -2.99. The van der Waals surface area contributed by atoms with Crippen LogP contribution in [0.5, 0.6) is 0 Å². The van der Waals surface area contributed by atoms with Gasteiger partial charge >= 0.3 is 0 Å². The van der Waals surface area contributed by atoms with Crippen molar-refractivity contribution in [2.75, 3.05) is 11.5 Å².